The molecule has 0 radical (unpaired) electrons. The summed E-state index contributed by atoms with van der Waals surface area (Å²) in [5.74, 6) is 0. The number of nitrogens with zero attached hydrogens (tertiary/aromatic N) is 2. The van der Waals surface area contributed by atoms with Crippen molar-refractivity contribution >= 4 is 38.5 Å². The summed E-state index contributed by atoms with van der Waals surface area (Å²) in [4.78, 5) is 0. The smallest absolute Gasteiger partial charge is 0.123 e. The Balaban J connectivity index is 2.27. The summed E-state index contributed by atoms with van der Waals surface area (Å²) in [6, 6.07) is 8.33. The van der Waals surface area contributed by atoms with E-state index in [0.29, 0.717) is 0 Å². The lowest BCUT2D eigenvalue weighted by atomic mass is 10.1. The molecule has 0 unspecified atom stereocenters. The van der Waals surface area contributed by atoms with Crippen LogP contribution < -0.4 is 0 Å². The molecular formula is C11H10BrIN2. The Morgan fingerprint density at radius 1 is 1.40 bits per heavy atom. The van der Waals surface area contributed by atoms with Crippen molar-refractivity contribution < 1.29 is 0 Å². The van der Waals surface area contributed by atoms with Crippen LogP contribution in [0.25, 0.3) is 0 Å². The predicted molar refractivity (Wildman–Crippen MR) is 72.9 cm³/mol. The van der Waals surface area contributed by atoms with Gasteiger partial charge in [-0.1, -0.05) is 22.0 Å². The third-order valence-electron chi connectivity index (χ3n) is 2.25. The number of halogens is 2. The van der Waals surface area contributed by atoms with E-state index in [2.05, 4.69) is 68.7 Å². The standard InChI is InChI=1S/C11H10BrIN2/c1-8-2-3-10(12)6-9(8)7-15-5-4-11(13)14-15/h2-6H,7H2,1H3. The van der Waals surface area contributed by atoms with Crippen LogP contribution >= 0.6 is 38.5 Å². The van der Waals surface area contributed by atoms with Crippen LogP contribution in [0.15, 0.2) is 34.9 Å². The lowest BCUT2D eigenvalue weighted by Gasteiger charge is -2.06. The second-order valence-corrected chi connectivity index (χ2v) is 5.43. The second kappa shape index (κ2) is 4.65. The van der Waals surface area contributed by atoms with Crippen molar-refractivity contribution in [3.05, 3.63) is 49.8 Å². The van der Waals surface area contributed by atoms with Gasteiger partial charge in [0.05, 0.1) is 6.54 Å². The number of hydrogen-bond acceptors (Lipinski definition) is 1. The summed E-state index contributed by atoms with van der Waals surface area (Å²) in [6.07, 6.45) is 2.00. The molecule has 4 heteroatoms. The summed E-state index contributed by atoms with van der Waals surface area (Å²) < 4.78 is 4.10. The minimum absolute atomic E-state index is 0.828. The van der Waals surface area contributed by atoms with Gasteiger partial charge >= 0.3 is 0 Å². The molecule has 0 bridgehead atoms. The second-order valence-electron chi connectivity index (χ2n) is 3.41. The molecule has 0 aliphatic carbocycles. The Labute approximate surface area is 111 Å². The molecule has 2 aromatic rings. The van der Waals surface area contributed by atoms with Crippen LogP contribution in [0.4, 0.5) is 0 Å². The highest BCUT2D eigenvalue weighted by atomic mass is 127. The maximum absolute atomic E-state index is 4.36. The van der Waals surface area contributed by atoms with Gasteiger partial charge in [0.2, 0.25) is 0 Å². The Morgan fingerprint density at radius 3 is 2.87 bits per heavy atom. The third-order valence-corrected chi connectivity index (χ3v) is 3.32. The van der Waals surface area contributed by atoms with Gasteiger partial charge in [0, 0.05) is 10.7 Å². The largest absolute Gasteiger partial charge is 0.267 e. The first-order chi connectivity index (χ1) is 7.15. The van der Waals surface area contributed by atoms with E-state index in [-0.39, 0.29) is 0 Å². The SMILES string of the molecule is Cc1ccc(Br)cc1Cn1ccc(I)n1. The van der Waals surface area contributed by atoms with Crippen molar-refractivity contribution in [3.8, 4) is 0 Å². The van der Waals surface area contributed by atoms with E-state index in [1.807, 2.05) is 16.9 Å². The summed E-state index contributed by atoms with van der Waals surface area (Å²) in [5.41, 5.74) is 2.59. The van der Waals surface area contributed by atoms with Gasteiger partial charge in [-0.15, -0.1) is 0 Å². The van der Waals surface area contributed by atoms with Crippen molar-refractivity contribution in [2.75, 3.05) is 0 Å². The maximum atomic E-state index is 4.36. The van der Waals surface area contributed by atoms with Crippen LogP contribution in [-0.4, -0.2) is 9.78 Å². The highest BCUT2D eigenvalue weighted by molar-refractivity contribution is 14.1. The van der Waals surface area contributed by atoms with Crippen molar-refractivity contribution in [3.63, 3.8) is 0 Å². The predicted octanol–water partition coefficient (Wildman–Crippen LogP) is 3.61. The minimum Gasteiger partial charge on any atom is -0.267 e. The highest BCUT2D eigenvalue weighted by Gasteiger charge is 2.01. The van der Waals surface area contributed by atoms with E-state index < -0.39 is 0 Å². The average Bonchev–Trinajstić information content (AvgIpc) is 2.58. The highest BCUT2D eigenvalue weighted by Crippen LogP contribution is 2.17. The number of hydrogen-bond donors (Lipinski definition) is 0. The van der Waals surface area contributed by atoms with Crippen molar-refractivity contribution in [1.29, 1.82) is 0 Å². The van der Waals surface area contributed by atoms with E-state index >= 15 is 0 Å². The molecule has 1 aromatic heterocycles. The summed E-state index contributed by atoms with van der Waals surface area (Å²) >= 11 is 5.70. The number of rotatable bonds is 2. The molecule has 0 amide bonds. The van der Waals surface area contributed by atoms with Crippen LogP contribution in [-0.2, 0) is 6.54 Å². The van der Waals surface area contributed by atoms with Gasteiger partial charge in [-0.05, 0) is 58.8 Å². The molecule has 2 nitrogen and oxygen atoms in total. The molecule has 0 aliphatic heterocycles. The molecule has 0 atom stereocenters. The van der Waals surface area contributed by atoms with E-state index in [4.69, 9.17) is 0 Å². The van der Waals surface area contributed by atoms with Crippen molar-refractivity contribution in [2.45, 2.75) is 13.5 Å². The molecule has 0 N–H and O–H groups in total. The Hall–Kier alpha value is -0.360. The molecule has 78 valence electrons. The summed E-state index contributed by atoms with van der Waals surface area (Å²) in [6.45, 7) is 2.95. The van der Waals surface area contributed by atoms with E-state index in [0.717, 1.165) is 14.7 Å². The molecule has 2 rings (SSSR count). The first-order valence-corrected chi connectivity index (χ1v) is 6.46. The molecule has 15 heavy (non-hydrogen) atoms. The van der Waals surface area contributed by atoms with Crippen molar-refractivity contribution in [2.24, 2.45) is 0 Å². The van der Waals surface area contributed by atoms with Crippen LogP contribution in [0.5, 0.6) is 0 Å². The summed E-state index contributed by atoms with van der Waals surface area (Å²) in [7, 11) is 0. The average molecular weight is 377 g/mol. The summed E-state index contributed by atoms with van der Waals surface area (Å²) in [5, 5.41) is 4.36. The van der Waals surface area contributed by atoms with Gasteiger partial charge in [-0.3, -0.25) is 4.68 Å². The van der Waals surface area contributed by atoms with Crippen LogP contribution in [0.3, 0.4) is 0 Å². The number of aromatic nitrogens is 2. The quantitative estimate of drug-likeness (QED) is 0.732. The Kier molecular flexibility index (Phi) is 3.45. The zero-order valence-electron chi connectivity index (χ0n) is 8.24. The van der Waals surface area contributed by atoms with E-state index in [1.54, 1.807) is 0 Å². The fourth-order valence-corrected chi connectivity index (χ4v) is 2.26. The zero-order chi connectivity index (χ0) is 10.8. The first-order valence-electron chi connectivity index (χ1n) is 4.59. The van der Waals surface area contributed by atoms with Gasteiger partial charge in [-0.2, -0.15) is 5.10 Å². The number of aryl methyl sites for hydroxylation is 1. The fraction of sp³-hybridized carbons (Fsp3) is 0.182. The topological polar surface area (TPSA) is 17.8 Å². The fourth-order valence-electron chi connectivity index (χ4n) is 1.41. The Bertz CT molecular complexity index is 479. The monoisotopic (exact) mass is 376 g/mol. The molecular weight excluding hydrogens is 367 g/mol. The van der Waals surface area contributed by atoms with Crippen LogP contribution in [0.2, 0.25) is 0 Å². The molecule has 0 saturated carbocycles. The normalized spacial score (nSPS) is 10.6. The lowest BCUT2D eigenvalue weighted by molar-refractivity contribution is 0.678. The van der Waals surface area contributed by atoms with Gasteiger partial charge in [0.1, 0.15) is 3.70 Å². The molecule has 0 aliphatic rings. The first kappa shape index (κ1) is 11.1. The molecule has 1 heterocycles. The van der Waals surface area contributed by atoms with E-state index in [9.17, 15) is 0 Å². The molecule has 0 saturated heterocycles. The zero-order valence-corrected chi connectivity index (χ0v) is 12.0. The third kappa shape index (κ3) is 2.81. The number of benzene rings is 1. The van der Waals surface area contributed by atoms with Gasteiger partial charge in [0.25, 0.3) is 0 Å². The van der Waals surface area contributed by atoms with Gasteiger partial charge < -0.3 is 0 Å². The lowest BCUT2D eigenvalue weighted by Crippen LogP contribution is -2.02. The van der Waals surface area contributed by atoms with Crippen LogP contribution in [0.1, 0.15) is 11.1 Å². The van der Waals surface area contributed by atoms with E-state index in [1.165, 1.54) is 11.1 Å². The van der Waals surface area contributed by atoms with Crippen molar-refractivity contribution in [1.82, 2.24) is 9.78 Å². The minimum atomic E-state index is 0.828. The van der Waals surface area contributed by atoms with Gasteiger partial charge in [0.15, 0.2) is 0 Å². The molecule has 0 spiro atoms. The molecule has 0 fully saturated rings. The van der Waals surface area contributed by atoms with Crippen LogP contribution in [0, 0.1) is 10.6 Å². The maximum Gasteiger partial charge on any atom is 0.123 e. The molecule has 1 aromatic carbocycles. The Morgan fingerprint density at radius 2 is 2.20 bits per heavy atom. The van der Waals surface area contributed by atoms with Gasteiger partial charge in [-0.25, -0.2) is 0 Å².